The van der Waals surface area contributed by atoms with E-state index in [2.05, 4.69) is 0 Å². The number of likely N-dealkylation sites (tertiary alicyclic amines) is 1. The second-order valence-corrected chi connectivity index (χ2v) is 6.26. The van der Waals surface area contributed by atoms with Crippen molar-refractivity contribution in [2.75, 3.05) is 18.8 Å². The van der Waals surface area contributed by atoms with Crippen LogP contribution in [0.2, 0.25) is 0 Å². The molecule has 0 unspecified atom stereocenters. The maximum absolute atomic E-state index is 12.9. The SMILES string of the molecule is Nc1cc([N+](=O)[O-])ccc1C(=O)O[C@H](C(=O)N1CCCC1)c1ccccc1. The van der Waals surface area contributed by atoms with Gasteiger partial charge in [-0.05, 0) is 18.9 Å². The molecule has 1 atom stereocenters. The Morgan fingerprint density at radius 2 is 1.78 bits per heavy atom. The molecule has 0 saturated carbocycles. The largest absolute Gasteiger partial charge is 0.444 e. The average Bonchev–Trinajstić information content (AvgIpc) is 3.20. The molecule has 0 bridgehead atoms. The lowest BCUT2D eigenvalue weighted by Crippen LogP contribution is -2.35. The molecule has 0 aliphatic carbocycles. The molecule has 1 amide bonds. The lowest BCUT2D eigenvalue weighted by atomic mass is 10.1. The summed E-state index contributed by atoms with van der Waals surface area (Å²) in [4.78, 5) is 37.4. The molecule has 1 saturated heterocycles. The van der Waals surface area contributed by atoms with Crippen LogP contribution < -0.4 is 5.73 Å². The van der Waals surface area contributed by atoms with Gasteiger partial charge in [0.25, 0.3) is 11.6 Å². The number of rotatable bonds is 5. The zero-order chi connectivity index (χ0) is 19.4. The third-order valence-corrected chi connectivity index (χ3v) is 4.44. The summed E-state index contributed by atoms with van der Waals surface area (Å²) >= 11 is 0. The van der Waals surface area contributed by atoms with Crippen molar-refractivity contribution in [2.45, 2.75) is 18.9 Å². The topological polar surface area (TPSA) is 116 Å². The van der Waals surface area contributed by atoms with E-state index >= 15 is 0 Å². The lowest BCUT2D eigenvalue weighted by molar-refractivity contribution is -0.384. The molecule has 1 heterocycles. The molecule has 2 N–H and O–H groups in total. The molecule has 8 heteroatoms. The van der Waals surface area contributed by atoms with Gasteiger partial charge >= 0.3 is 5.97 Å². The minimum atomic E-state index is -1.09. The summed E-state index contributed by atoms with van der Waals surface area (Å²) in [6.45, 7) is 1.25. The number of amides is 1. The number of nitro groups is 1. The summed E-state index contributed by atoms with van der Waals surface area (Å²) in [6.07, 6.45) is 0.735. The molecule has 27 heavy (non-hydrogen) atoms. The zero-order valence-electron chi connectivity index (χ0n) is 14.5. The monoisotopic (exact) mass is 369 g/mol. The van der Waals surface area contributed by atoms with Gasteiger partial charge in [-0.1, -0.05) is 30.3 Å². The molecule has 1 aliphatic rings. The standard InChI is InChI=1S/C19H19N3O5/c20-16-12-14(22(25)26)8-9-15(16)19(24)27-17(13-6-2-1-3-7-13)18(23)21-10-4-5-11-21/h1-3,6-9,12,17H,4-5,10-11,20H2/t17-/m0/s1. The average molecular weight is 369 g/mol. The highest BCUT2D eigenvalue weighted by molar-refractivity contribution is 5.97. The first-order valence-corrected chi connectivity index (χ1v) is 8.56. The fraction of sp³-hybridized carbons (Fsp3) is 0.263. The van der Waals surface area contributed by atoms with Crippen LogP contribution in [0.4, 0.5) is 11.4 Å². The zero-order valence-corrected chi connectivity index (χ0v) is 14.5. The van der Waals surface area contributed by atoms with Crippen LogP contribution in [0.3, 0.4) is 0 Å². The predicted molar refractivity (Wildman–Crippen MR) is 97.9 cm³/mol. The Morgan fingerprint density at radius 3 is 2.37 bits per heavy atom. The first-order chi connectivity index (χ1) is 13.0. The fourth-order valence-electron chi connectivity index (χ4n) is 3.01. The second-order valence-electron chi connectivity index (χ2n) is 6.26. The smallest absolute Gasteiger partial charge is 0.341 e. The van der Waals surface area contributed by atoms with Gasteiger partial charge in [-0.3, -0.25) is 14.9 Å². The van der Waals surface area contributed by atoms with Gasteiger partial charge in [-0.25, -0.2) is 4.79 Å². The van der Waals surface area contributed by atoms with Crippen molar-refractivity contribution in [1.82, 2.24) is 4.90 Å². The number of benzene rings is 2. The van der Waals surface area contributed by atoms with Gasteiger partial charge in [0.05, 0.1) is 16.2 Å². The summed E-state index contributed by atoms with van der Waals surface area (Å²) in [6, 6.07) is 12.2. The van der Waals surface area contributed by atoms with Gasteiger partial charge in [0, 0.05) is 30.8 Å². The van der Waals surface area contributed by atoms with Gasteiger partial charge in [-0.15, -0.1) is 0 Å². The Bertz CT molecular complexity index is 863. The molecule has 0 spiro atoms. The molecule has 8 nitrogen and oxygen atoms in total. The van der Waals surface area contributed by atoms with E-state index in [1.807, 2.05) is 0 Å². The Labute approximate surface area is 155 Å². The number of ether oxygens (including phenoxy) is 1. The van der Waals surface area contributed by atoms with E-state index in [9.17, 15) is 19.7 Å². The predicted octanol–water partition coefficient (Wildman–Crippen LogP) is 2.70. The van der Waals surface area contributed by atoms with Gasteiger partial charge in [0.15, 0.2) is 0 Å². The van der Waals surface area contributed by atoms with Gasteiger partial charge < -0.3 is 15.4 Å². The highest BCUT2D eigenvalue weighted by Gasteiger charge is 2.31. The van der Waals surface area contributed by atoms with Gasteiger partial charge in [0.1, 0.15) is 0 Å². The van der Waals surface area contributed by atoms with Crippen molar-refractivity contribution in [3.63, 3.8) is 0 Å². The first-order valence-electron chi connectivity index (χ1n) is 8.56. The Balaban J connectivity index is 1.86. The summed E-state index contributed by atoms with van der Waals surface area (Å²) in [5.41, 5.74) is 6.01. The van der Waals surface area contributed by atoms with E-state index in [0.717, 1.165) is 18.9 Å². The van der Waals surface area contributed by atoms with E-state index in [4.69, 9.17) is 10.5 Å². The van der Waals surface area contributed by atoms with Crippen LogP contribution in [0.25, 0.3) is 0 Å². The normalized spacial score (nSPS) is 14.6. The number of hydrogen-bond acceptors (Lipinski definition) is 6. The Hall–Kier alpha value is -3.42. The third kappa shape index (κ3) is 4.05. The number of nitrogens with zero attached hydrogens (tertiary/aromatic N) is 2. The minimum Gasteiger partial charge on any atom is -0.444 e. The molecule has 0 radical (unpaired) electrons. The first kappa shape index (κ1) is 18.4. The van der Waals surface area contributed by atoms with E-state index in [1.54, 1.807) is 35.2 Å². The van der Waals surface area contributed by atoms with Crippen molar-refractivity contribution in [1.29, 1.82) is 0 Å². The lowest BCUT2D eigenvalue weighted by Gasteiger charge is -2.23. The quantitative estimate of drug-likeness (QED) is 0.375. The molecule has 0 aromatic heterocycles. The number of carbonyl (C=O) groups is 2. The number of non-ortho nitro benzene ring substituents is 1. The van der Waals surface area contributed by atoms with Gasteiger partial charge in [-0.2, -0.15) is 0 Å². The maximum atomic E-state index is 12.9. The summed E-state index contributed by atoms with van der Waals surface area (Å²) in [5, 5.41) is 10.8. The van der Waals surface area contributed by atoms with Crippen molar-refractivity contribution in [3.8, 4) is 0 Å². The maximum Gasteiger partial charge on any atom is 0.341 e. The van der Waals surface area contributed by atoms with Crippen LogP contribution in [0, 0.1) is 10.1 Å². The third-order valence-electron chi connectivity index (χ3n) is 4.44. The van der Waals surface area contributed by atoms with E-state index in [0.29, 0.717) is 18.7 Å². The summed E-state index contributed by atoms with van der Waals surface area (Å²) in [5.74, 6) is -1.09. The number of esters is 1. The van der Waals surface area contributed by atoms with Crippen molar-refractivity contribution < 1.29 is 19.2 Å². The molecular formula is C19H19N3O5. The highest BCUT2D eigenvalue weighted by Crippen LogP contribution is 2.26. The number of nitrogen functional groups attached to an aromatic ring is 1. The molecule has 140 valence electrons. The number of hydrogen-bond donors (Lipinski definition) is 1. The van der Waals surface area contributed by atoms with E-state index < -0.39 is 17.0 Å². The van der Waals surface area contributed by atoms with Crippen LogP contribution in [0.5, 0.6) is 0 Å². The van der Waals surface area contributed by atoms with Crippen molar-refractivity contribution in [2.24, 2.45) is 0 Å². The molecule has 2 aromatic carbocycles. The molecule has 1 aliphatic heterocycles. The molecule has 3 rings (SSSR count). The molecule has 2 aromatic rings. The van der Waals surface area contributed by atoms with Crippen LogP contribution in [-0.4, -0.2) is 34.8 Å². The second kappa shape index (κ2) is 7.86. The number of nitro benzene ring substituents is 1. The summed E-state index contributed by atoms with van der Waals surface area (Å²) in [7, 11) is 0. The number of carbonyl (C=O) groups excluding carboxylic acids is 2. The van der Waals surface area contributed by atoms with Crippen LogP contribution in [-0.2, 0) is 9.53 Å². The van der Waals surface area contributed by atoms with Crippen LogP contribution >= 0.6 is 0 Å². The van der Waals surface area contributed by atoms with Crippen molar-refractivity contribution >= 4 is 23.3 Å². The van der Waals surface area contributed by atoms with E-state index in [1.165, 1.54) is 12.1 Å². The minimum absolute atomic E-state index is 0.0178. The van der Waals surface area contributed by atoms with E-state index in [-0.39, 0.29) is 22.8 Å². The highest BCUT2D eigenvalue weighted by atomic mass is 16.6. The Morgan fingerprint density at radius 1 is 1.11 bits per heavy atom. The van der Waals surface area contributed by atoms with Crippen molar-refractivity contribution in [3.05, 3.63) is 69.8 Å². The van der Waals surface area contributed by atoms with Gasteiger partial charge in [0.2, 0.25) is 6.10 Å². The van der Waals surface area contributed by atoms with Crippen LogP contribution in [0.1, 0.15) is 34.9 Å². The number of nitrogens with two attached hydrogens (primary N) is 1. The Kier molecular flexibility index (Phi) is 5.35. The molecule has 1 fully saturated rings. The molecular weight excluding hydrogens is 350 g/mol. The number of anilines is 1. The summed E-state index contributed by atoms with van der Waals surface area (Å²) < 4.78 is 5.50. The van der Waals surface area contributed by atoms with Crippen LogP contribution in [0.15, 0.2) is 48.5 Å². The fourth-order valence-corrected chi connectivity index (χ4v) is 3.01.